The monoisotopic (exact) mass is 540 g/mol. The van der Waals surface area contributed by atoms with Crippen molar-refractivity contribution in [3.05, 3.63) is 67.6 Å². The van der Waals surface area contributed by atoms with Gasteiger partial charge in [-0.2, -0.15) is 5.01 Å². The molecule has 2 aromatic carbocycles. The van der Waals surface area contributed by atoms with Crippen LogP contribution in [0.2, 0.25) is 20.1 Å². The Labute approximate surface area is 216 Å². The fourth-order valence-corrected chi connectivity index (χ4v) is 5.37. The van der Waals surface area contributed by atoms with Crippen molar-refractivity contribution in [1.29, 1.82) is 0 Å². The SMILES string of the molecule is C[C@@H]1CC[C@H]2C(=O)N(N(CC(=O)c3ccc(Cl)cc3Cl)C(=O)c3ccc(Cl)c(Cl)c3)C(=O)[C@H]2C1. The number of amides is 3. The highest BCUT2D eigenvalue weighted by molar-refractivity contribution is 6.42. The number of carbonyl (C=O) groups is 4. The second-order valence-electron chi connectivity index (χ2n) is 8.66. The molecule has 0 aromatic heterocycles. The van der Waals surface area contributed by atoms with E-state index in [-0.39, 0.29) is 32.1 Å². The first kappa shape index (κ1) is 25.0. The van der Waals surface area contributed by atoms with Crippen LogP contribution in [0.3, 0.4) is 0 Å². The van der Waals surface area contributed by atoms with Gasteiger partial charge in [0.25, 0.3) is 17.7 Å². The molecule has 6 nitrogen and oxygen atoms in total. The molecule has 1 saturated heterocycles. The molecular weight excluding hydrogens is 522 g/mol. The summed E-state index contributed by atoms with van der Waals surface area (Å²) >= 11 is 24.2. The Bertz CT molecular complexity index is 1200. The molecule has 3 atom stereocenters. The van der Waals surface area contributed by atoms with Gasteiger partial charge in [0.2, 0.25) is 0 Å². The second kappa shape index (κ2) is 9.86. The van der Waals surface area contributed by atoms with Crippen molar-refractivity contribution >= 4 is 69.9 Å². The number of halogens is 4. The maximum Gasteiger partial charge on any atom is 0.273 e. The highest BCUT2D eigenvalue weighted by atomic mass is 35.5. The lowest BCUT2D eigenvalue weighted by Crippen LogP contribution is -2.52. The van der Waals surface area contributed by atoms with Crippen molar-refractivity contribution in [2.75, 3.05) is 6.54 Å². The number of nitrogens with zero attached hydrogens (tertiary/aromatic N) is 2. The maximum absolute atomic E-state index is 13.5. The Morgan fingerprint density at radius 3 is 2.29 bits per heavy atom. The Morgan fingerprint density at radius 1 is 0.912 bits per heavy atom. The number of benzene rings is 2. The number of Topliss-reactive ketones (excluding diaryl/α,β-unsaturated/α-hetero) is 1. The minimum absolute atomic E-state index is 0.0771. The lowest BCUT2D eigenvalue weighted by molar-refractivity contribution is -0.154. The molecular formula is C24H20Cl4N2O4. The summed E-state index contributed by atoms with van der Waals surface area (Å²) in [6.07, 6.45) is 1.92. The van der Waals surface area contributed by atoms with E-state index in [0.717, 1.165) is 16.4 Å². The number of imide groups is 1. The van der Waals surface area contributed by atoms with Crippen molar-refractivity contribution in [3.63, 3.8) is 0 Å². The predicted molar refractivity (Wildman–Crippen MR) is 130 cm³/mol. The third kappa shape index (κ3) is 4.69. The average Bonchev–Trinajstić information content (AvgIpc) is 3.02. The molecule has 2 aliphatic rings. The van der Waals surface area contributed by atoms with E-state index in [9.17, 15) is 19.2 Å². The van der Waals surface area contributed by atoms with Gasteiger partial charge in [-0.1, -0.05) is 53.3 Å². The number of fused-ring (bicyclic) bond motifs is 1. The summed E-state index contributed by atoms with van der Waals surface area (Å²) in [5, 5.41) is 2.53. The highest BCUT2D eigenvalue weighted by Crippen LogP contribution is 2.41. The molecule has 0 bridgehead atoms. The first-order valence-corrected chi connectivity index (χ1v) is 12.2. The summed E-state index contributed by atoms with van der Waals surface area (Å²) in [7, 11) is 0. The molecule has 1 saturated carbocycles. The van der Waals surface area contributed by atoms with Crippen LogP contribution in [0.1, 0.15) is 46.9 Å². The van der Waals surface area contributed by atoms with E-state index in [1.807, 2.05) is 6.92 Å². The highest BCUT2D eigenvalue weighted by Gasteiger charge is 2.52. The van der Waals surface area contributed by atoms with E-state index in [1.165, 1.54) is 36.4 Å². The smallest absolute Gasteiger partial charge is 0.273 e. The summed E-state index contributed by atoms with van der Waals surface area (Å²) in [5.74, 6) is -3.00. The van der Waals surface area contributed by atoms with Gasteiger partial charge in [-0.3, -0.25) is 19.2 Å². The van der Waals surface area contributed by atoms with Gasteiger partial charge in [-0.15, -0.1) is 0 Å². The number of rotatable bonds is 5. The molecule has 4 rings (SSSR count). The minimum atomic E-state index is -0.731. The number of carbonyl (C=O) groups excluding carboxylic acids is 4. The van der Waals surface area contributed by atoms with Crippen molar-refractivity contribution in [1.82, 2.24) is 10.0 Å². The molecule has 0 spiro atoms. The van der Waals surface area contributed by atoms with Gasteiger partial charge in [0, 0.05) is 16.1 Å². The Morgan fingerprint density at radius 2 is 1.62 bits per heavy atom. The third-order valence-corrected chi connectivity index (χ3v) is 7.62. The van der Waals surface area contributed by atoms with Gasteiger partial charge in [0.05, 0.1) is 26.9 Å². The molecule has 178 valence electrons. The summed E-state index contributed by atoms with van der Waals surface area (Å²) in [6, 6.07) is 8.52. The van der Waals surface area contributed by atoms with Crippen LogP contribution in [0.25, 0.3) is 0 Å². The molecule has 2 fully saturated rings. The van der Waals surface area contributed by atoms with Crippen LogP contribution < -0.4 is 0 Å². The molecule has 10 heteroatoms. The standard InChI is InChI=1S/C24H20Cl4N2O4/c1-12-2-5-15-17(8-12)24(34)30(23(15)33)29(22(32)13-3-7-18(26)20(28)9-13)11-21(31)16-6-4-14(25)10-19(16)27/h3-4,6-7,9-10,12,15,17H,2,5,8,11H2,1H3/t12-,15-,17+/m1/s1. The second-order valence-corrected chi connectivity index (χ2v) is 10.3. The summed E-state index contributed by atoms with van der Waals surface area (Å²) in [6.45, 7) is 1.45. The van der Waals surface area contributed by atoms with E-state index in [2.05, 4.69) is 0 Å². The molecule has 34 heavy (non-hydrogen) atoms. The van der Waals surface area contributed by atoms with Crippen LogP contribution in [0, 0.1) is 17.8 Å². The van der Waals surface area contributed by atoms with Crippen molar-refractivity contribution in [2.45, 2.75) is 26.2 Å². The molecule has 1 heterocycles. The zero-order valence-corrected chi connectivity index (χ0v) is 21.1. The van der Waals surface area contributed by atoms with E-state index >= 15 is 0 Å². The van der Waals surface area contributed by atoms with Gasteiger partial charge >= 0.3 is 0 Å². The molecule has 0 radical (unpaired) electrons. The molecule has 0 N–H and O–H groups in total. The molecule has 1 aliphatic heterocycles. The normalized spacial score (nSPS) is 22.0. The molecule has 0 unspecified atom stereocenters. The first-order chi connectivity index (χ1) is 16.1. The quantitative estimate of drug-likeness (QED) is 0.345. The van der Waals surface area contributed by atoms with Gasteiger partial charge in [0.15, 0.2) is 5.78 Å². The number of ketones is 1. The van der Waals surface area contributed by atoms with Crippen LogP contribution in [-0.4, -0.2) is 40.1 Å². The third-order valence-electron chi connectivity index (χ3n) is 6.33. The molecule has 2 aromatic rings. The summed E-state index contributed by atoms with van der Waals surface area (Å²) in [4.78, 5) is 53.3. The van der Waals surface area contributed by atoms with Gasteiger partial charge in [-0.25, -0.2) is 5.01 Å². The topological polar surface area (TPSA) is 74.8 Å². The van der Waals surface area contributed by atoms with E-state index < -0.39 is 41.9 Å². The van der Waals surface area contributed by atoms with Crippen molar-refractivity contribution in [2.24, 2.45) is 17.8 Å². The summed E-state index contributed by atoms with van der Waals surface area (Å²) < 4.78 is 0. The molecule has 1 aliphatic carbocycles. The maximum atomic E-state index is 13.5. The largest absolute Gasteiger partial charge is 0.292 e. The van der Waals surface area contributed by atoms with Gasteiger partial charge < -0.3 is 0 Å². The average molecular weight is 542 g/mol. The van der Waals surface area contributed by atoms with Crippen molar-refractivity contribution < 1.29 is 19.2 Å². The zero-order chi connectivity index (χ0) is 24.7. The van der Waals surface area contributed by atoms with Gasteiger partial charge in [0.1, 0.15) is 6.54 Å². The van der Waals surface area contributed by atoms with E-state index in [1.54, 1.807) is 0 Å². The number of hydrazine groups is 1. The Kier molecular flexibility index (Phi) is 7.25. The first-order valence-electron chi connectivity index (χ1n) is 10.7. The fraction of sp³-hybridized carbons (Fsp3) is 0.333. The van der Waals surface area contributed by atoms with Crippen LogP contribution in [0.5, 0.6) is 0 Å². The van der Waals surface area contributed by atoms with Crippen molar-refractivity contribution in [3.8, 4) is 0 Å². The minimum Gasteiger partial charge on any atom is -0.292 e. The van der Waals surface area contributed by atoms with Gasteiger partial charge in [-0.05, 0) is 61.6 Å². The predicted octanol–water partition coefficient (Wildman–Crippen LogP) is 5.96. The van der Waals surface area contributed by atoms with Crippen LogP contribution >= 0.6 is 46.4 Å². The van der Waals surface area contributed by atoms with Crippen LogP contribution in [0.4, 0.5) is 0 Å². The lowest BCUT2D eigenvalue weighted by atomic mass is 9.76. The summed E-state index contributed by atoms with van der Waals surface area (Å²) in [5.41, 5.74) is 0.191. The Balaban J connectivity index is 1.72. The molecule has 3 amide bonds. The number of hydrogen-bond donors (Lipinski definition) is 0. The number of hydrogen-bond acceptors (Lipinski definition) is 4. The zero-order valence-electron chi connectivity index (χ0n) is 18.1. The van der Waals surface area contributed by atoms with E-state index in [4.69, 9.17) is 46.4 Å². The fourth-order valence-electron chi connectivity index (χ4n) is 4.56. The van der Waals surface area contributed by atoms with Crippen LogP contribution in [-0.2, 0) is 9.59 Å². The van der Waals surface area contributed by atoms with Crippen LogP contribution in [0.15, 0.2) is 36.4 Å². The Hall–Kier alpha value is -2.12. The lowest BCUT2D eigenvalue weighted by Gasteiger charge is -2.30. The van der Waals surface area contributed by atoms with E-state index in [0.29, 0.717) is 17.9 Å².